The van der Waals surface area contributed by atoms with Crippen LogP contribution in [-0.2, 0) is 0 Å². The highest BCUT2D eigenvalue weighted by atomic mass is 35.5. The van der Waals surface area contributed by atoms with Crippen molar-refractivity contribution in [3.63, 3.8) is 0 Å². The third-order valence-electron chi connectivity index (χ3n) is 2.08. The quantitative estimate of drug-likeness (QED) is 0.881. The Hall–Kier alpha value is -2.54. The fourth-order valence-corrected chi connectivity index (χ4v) is 1.39. The van der Waals surface area contributed by atoms with Crippen molar-refractivity contribution in [2.75, 3.05) is 5.32 Å². The Morgan fingerprint density at radius 3 is 2.53 bits per heavy atom. The number of carbonyl (C=O) groups excluding carboxylic acids is 1. The van der Waals surface area contributed by atoms with Gasteiger partial charge in [-0.1, -0.05) is 11.6 Å². The number of halogens is 1. The van der Waals surface area contributed by atoms with E-state index >= 15 is 0 Å². The molecule has 0 aliphatic heterocycles. The molecule has 8 heteroatoms. The molecule has 2 rings (SSSR count). The van der Waals surface area contributed by atoms with Gasteiger partial charge in [-0.25, -0.2) is 14.8 Å². The van der Waals surface area contributed by atoms with Gasteiger partial charge in [-0.3, -0.25) is 9.78 Å². The second-order valence-electron chi connectivity index (χ2n) is 3.42. The van der Waals surface area contributed by atoms with Gasteiger partial charge in [0.2, 0.25) is 0 Å². The van der Waals surface area contributed by atoms with E-state index in [-0.39, 0.29) is 16.5 Å². The molecular weight excluding hydrogens is 272 g/mol. The highest BCUT2D eigenvalue weighted by molar-refractivity contribution is 6.29. The summed E-state index contributed by atoms with van der Waals surface area (Å²) in [5.41, 5.74) is 0.284. The first-order valence-corrected chi connectivity index (χ1v) is 5.42. The molecule has 2 heterocycles. The lowest BCUT2D eigenvalue weighted by atomic mass is 10.3. The lowest BCUT2D eigenvalue weighted by Gasteiger charge is -2.04. The second-order valence-corrected chi connectivity index (χ2v) is 3.81. The summed E-state index contributed by atoms with van der Waals surface area (Å²) in [6, 6.07) is 2.70. The van der Waals surface area contributed by atoms with Gasteiger partial charge < -0.3 is 10.4 Å². The normalized spacial score (nSPS) is 9.95. The van der Waals surface area contributed by atoms with Gasteiger partial charge in [0.1, 0.15) is 16.5 Å². The molecule has 0 saturated heterocycles. The summed E-state index contributed by atoms with van der Waals surface area (Å²) in [7, 11) is 0. The van der Waals surface area contributed by atoms with Crippen molar-refractivity contribution in [1.82, 2.24) is 15.0 Å². The van der Waals surface area contributed by atoms with Crippen LogP contribution in [0.25, 0.3) is 0 Å². The first-order valence-electron chi connectivity index (χ1n) is 5.04. The molecule has 0 aliphatic carbocycles. The highest BCUT2D eigenvalue weighted by Crippen LogP contribution is 2.09. The molecule has 0 aromatic carbocycles. The van der Waals surface area contributed by atoms with Gasteiger partial charge in [-0.05, 0) is 12.1 Å². The summed E-state index contributed by atoms with van der Waals surface area (Å²) in [5.74, 6) is -1.65. The van der Waals surface area contributed by atoms with E-state index in [1.807, 2.05) is 0 Å². The lowest BCUT2D eigenvalue weighted by Crippen LogP contribution is -2.14. The SMILES string of the molecule is O=C(O)c1ccc(NC(=O)c2cncc(Cl)n2)cn1. The number of nitrogens with zero attached hydrogens (tertiary/aromatic N) is 3. The van der Waals surface area contributed by atoms with E-state index in [0.717, 1.165) is 0 Å². The number of aromatic nitrogens is 3. The number of rotatable bonds is 3. The van der Waals surface area contributed by atoms with Crippen molar-refractivity contribution < 1.29 is 14.7 Å². The maximum Gasteiger partial charge on any atom is 0.354 e. The van der Waals surface area contributed by atoms with Crippen molar-refractivity contribution in [2.24, 2.45) is 0 Å². The number of amides is 1. The average molecular weight is 279 g/mol. The molecule has 2 aromatic heterocycles. The van der Waals surface area contributed by atoms with Gasteiger partial charge >= 0.3 is 5.97 Å². The van der Waals surface area contributed by atoms with Crippen molar-refractivity contribution in [1.29, 1.82) is 0 Å². The van der Waals surface area contributed by atoms with Crippen LogP contribution in [0.1, 0.15) is 21.0 Å². The highest BCUT2D eigenvalue weighted by Gasteiger charge is 2.10. The van der Waals surface area contributed by atoms with Crippen LogP contribution in [0.3, 0.4) is 0 Å². The maximum atomic E-state index is 11.8. The molecule has 19 heavy (non-hydrogen) atoms. The zero-order valence-corrected chi connectivity index (χ0v) is 10.1. The summed E-state index contributed by atoms with van der Waals surface area (Å²) in [4.78, 5) is 33.6. The van der Waals surface area contributed by atoms with Gasteiger partial charge in [0.05, 0.1) is 24.3 Å². The fraction of sp³-hybridized carbons (Fsp3) is 0. The third kappa shape index (κ3) is 3.23. The molecule has 0 aliphatic rings. The van der Waals surface area contributed by atoms with E-state index in [1.165, 1.54) is 30.7 Å². The summed E-state index contributed by atoms with van der Waals surface area (Å²) in [6.07, 6.45) is 3.81. The minimum atomic E-state index is -1.14. The lowest BCUT2D eigenvalue weighted by molar-refractivity contribution is 0.0690. The van der Waals surface area contributed by atoms with E-state index in [2.05, 4.69) is 20.3 Å². The van der Waals surface area contributed by atoms with Gasteiger partial charge in [0.15, 0.2) is 0 Å². The van der Waals surface area contributed by atoms with Gasteiger partial charge in [0.25, 0.3) is 5.91 Å². The van der Waals surface area contributed by atoms with Crippen molar-refractivity contribution >= 4 is 29.2 Å². The number of hydrogen-bond donors (Lipinski definition) is 2. The van der Waals surface area contributed by atoms with E-state index in [4.69, 9.17) is 16.7 Å². The van der Waals surface area contributed by atoms with E-state index < -0.39 is 11.9 Å². The molecule has 0 radical (unpaired) electrons. The smallest absolute Gasteiger partial charge is 0.354 e. The zero-order valence-electron chi connectivity index (χ0n) is 9.37. The molecule has 0 atom stereocenters. The zero-order chi connectivity index (χ0) is 13.8. The predicted molar refractivity (Wildman–Crippen MR) is 66.2 cm³/mol. The molecule has 7 nitrogen and oxygen atoms in total. The van der Waals surface area contributed by atoms with Gasteiger partial charge in [-0.15, -0.1) is 0 Å². The number of aromatic carboxylic acids is 1. The predicted octanol–water partition coefficient (Wildman–Crippen LogP) is 1.48. The average Bonchev–Trinajstić information content (AvgIpc) is 2.39. The number of hydrogen-bond acceptors (Lipinski definition) is 5. The molecule has 2 N–H and O–H groups in total. The summed E-state index contributed by atoms with van der Waals surface area (Å²) >= 11 is 5.62. The van der Waals surface area contributed by atoms with Crippen molar-refractivity contribution in [3.8, 4) is 0 Å². The van der Waals surface area contributed by atoms with Crippen LogP contribution in [0.2, 0.25) is 5.15 Å². The summed E-state index contributed by atoms with van der Waals surface area (Å²) in [5, 5.41) is 11.3. The van der Waals surface area contributed by atoms with Crippen LogP contribution in [0.15, 0.2) is 30.7 Å². The van der Waals surface area contributed by atoms with Crippen LogP contribution in [0.5, 0.6) is 0 Å². The van der Waals surface area contributed by atoms with Gasteiger partial charge in [-0.2, -0.15) is 0 Å². The standard InChI is InChI=1S/C11H7ClN4O3/c12-9-5-13-4-8(16-9)10(17)15-6-1-2-7(11(18)19)14-3-6/h1-5H,(H,15,17)(H,18,19). The number of nitrogens with one attached hydrogen (secondary N) is 1. The molecule has 1 amide bonds. The van der Waals surface area contributed by atoms with Crippen LogP contribution < -0.4 is 5.32 Å². The third-order valence-corrected chi connectivity index (χ3v) is 2.26. The Bertz CT molecular complexity index is 630. The Labute approximate surface area is 112 Å². The number of anilines is 1. The largest absolute Gasteiger partial charge is 0.477 e. The molecule has 0 fully saturated rings. The van der Waals surface area contributed by atoms with Crippen LogP contribution in [0, 0.1) is 0 Å². The summed E-state index contributed by atoms with van der Waals surface area (Å²) < 4.78 is 0. The molecule has 96 valence electrons. The van der Waals surface area contributed by atoms with E-state index in [9.17, 15) is 9.59 Å². The number of carboxylic acid groups (broad SMARTS) is 1. The topological polar surface area (TPSA) is 105 Å². The van der Waals surface area contributed by atoms with E-state index in [1.54, 1.807) is 0 Å². The summed E-state index contributed by atoms with van der Waals surface area (Å²) in [6.45, 7) is 0. The molecule has 0 saturated carbocycles. The van der Waals surface area contributed by atoms with Crippen LogP contribution in [-0.4, -0.2) is 31.9 Å². The Kier molecular flexibility index (Phi) is 3.67. The van der Waals surface area contributed by atoms with Crippen molar-refractivity contribution in [3.05, 3.63) is 47.3 Å². The van der Waals surface area contributed by atoms with Crippen LogP contribution >= 0.6 is 11.6 Å². The fourth-order valence-electron chi connectivity index (χ4n) is 1.24. The monoisotopic (exact) mass is 278 g/mol. The maximum absolute atomic E-state index is 11.8. The minimum Gasteiger partial charge on any atom is -0.477 e. The molecule has 0 unspecified atom stereocenters. The first-order chi connectivity index (χ1) is 9.06. The molecule has 0 bridgehead atoms. The first kappa shape index (κ1) is 12.9. The number of carbonyl (C=O) groups is 2. The number of carboxylic acids is 1. The Morgan fingerprint density at radius 1 is 1.16 bits per heavy atom. The van der Waals surface area contributed by atoms with Crippen molar-refractivity contribution in [2.45, 2.75) is 0 Å². The molecule has 2 aromatic rings. The van der Waals surface area contributed by atoms with Gasteiger partial charge in [0, 0.05) is 0 Å². The van der Waals surface area contributed by atoms with E-state index in [0.29, 0.717) is 5.69 Å². The molecular formula is C11H7ClN4O3. The van der Waals surface area contributed by atoms with Crippen LogP contribution in [0.4, 0.5) is 5.69 Å². The number of pyridine rings is 1. The molecule has 0 spiro atoms. The second kappa shape index (κ2) is 5.40. The Morgan fingerprint density at radius 2 is 1.95 bits per heavy atom. The minimum absolute atomic E-state index is 0.0508. The Balaban J connectivity index is 2.13.